The maximum absolute atomic E-state index is 12.6. The molecular formula is C17H17N3O4S. The first kappa shape index (κ1) is 17.0. The van der Waals surface area contributed by atoms with Crippen molar-refractivity contribution in [3.05, 3.63) is 71.7 Å². The van der Waals surface area contributed by atoms with E-state index in [1.807, 2.05) is 6.92 Å². The number of hydrogen-bond acceptors (Lipinski definition) is 5. The topological polar surface area (TPSA) is 94.2 Å². The average Bonchev–Trinajstić information content (AvgIpc) is 3.22. The van der Waals surface area contributed by atoms with Gasteiger partial charge in [-0.15, -0.1) is 0 Å². The van der Waals surface area contributed by atoms with Crippen LogP contribution in [0.25, 0.3) is 0 Å². The van der Waals surface area contributed by atoms with Crippen LogP contribution in [0.5, 0.6) is 0 Å². The molecule has 0 aliphatic rings. The number of aryl methyl sites for hydroxylation is 2. The van der Waals surface area contributed by atoms with Crippen molar-refractivity contribution >= 4 is 15.9 Å². The van der Waals surface area contributed by atoms with Crippen molar-refractivity contribution in [1.82, 2.24) is 14.3 Å². The number of rotatable bonds is 5. The Hall–Kier alpha value is -2.87. The van der Waals surface area contributed by atoms with E-state index in [4.69, 9.17) is 4.42 Å². The van der Waals surface area contributed by atoms with Gasteiger partial charge in [-0.1, -0.05) is 17.7 Å². The molecule has 0 spiro atoms. The second-order valence-corrected chi connectivity index (χ2v) is 7.42. The number of benzene rings is 1. The van der Waals surface area contributed by atoms with Crippen LogP contribution in [-0.2, 0) is 16.6 Å². The van der Waals surface area contributed by atoms with Gasteiger partial charge >= 0.3 is 0 Å². The highest BCUT2D eigenvalue weighted by molar-refractivity contribution is 7.90. The summed E-state index contributed by atoms with van der Waals surface area (Å²) < 4.78 is 31.4. The maximum Gasteiger partial charge on any atom is 0.267 e. The molecule has 25 heavy (non-hydrogen) atoms. The molecule has 0 radical (unpaired) electrons. The van der Waals surface area contributed by atoms with Crippen molar-refractivity contribution in [1.29, 1.82) is 0 Å². The summed E-state index contributed by atoms with van der Waals surface area (Å²) in [6.07, 6.45) is 4.17. The van der Waals surface area contributed by atoms with E-state index in [0.29, 0.717) is 11.7 Å². The fourth-order valence-electron chi connectivity index (χ4n) is 2.25. The molecule has 8 heteroatoms. The van der Waals surface area contributed by atoms with E-state index in [9.17, 15) is 13.2 Å². The predicted octanol–water partition coefficient (Wildman–Crippen LogP) is 2.26. The summed E-state index contributed by atoms with van der Waals surface area (Å²) in [6, 6.07) is 7.98. The number of aromatic nitrogens is 2. The smallest absolute Gasteiger partial charge is 0.267 e. The second-order valence-electron chi connectivity index (χ2n) is 5.58. The van der Waals surface area contributed by atoms with Crippen molar-refractivity contribution in [2.24, 2.45) is 0 Å². The first-order valence-corrected chi connectivity index (χ1v) is 9.00. The third kappa shape index (κ3) is 3.63. The number of amides is 1. The van der Waals surface area contributed by atoms with Gasteiger partial charge in [-0.25, -0.2) is 17.4 Å². The van der Waals surface area contributed by atoms with Gasteiger partial charge in [0.25, 0.3) is 15.9 Å². The van der Waals surface area contributed by atoms with E-state index < -0.39 is 15.9 Å². The van der Waals surface area contributed by atoms with E-state index in [-0.39, 0.29) is 17.0 Å². The van der Waals surface area contributed by atoms with Crippen LogP contribution >= 0.6 is 0 Å². The Labute approximate surface area is 145 Å². The maximum atomic E-state index is 12.6. The van der Waals surface area contributed by atoms with E-state index in [1.165, 1.54) is 36.8 Å². The zero-order valence-corrected chi connectivity index (χ0v) is 14.6. The second kappa shape index (κ2) is 6.56. The summed E-state index contributed by atoms with van der Waals surface area (Å²) in [5, 5.41) is 2.66. The first-order valence-electron chi connectivity index (χ1n) is 7.56. The van der Waals surface area contributed by atoms with Crippen LogP contribution in [0.4, 0.5) is 0 Å². The molecule has 0 fully saturated rings. The van der Waals surface area contributed by atoms with Crippen molar-refractivity contribution in [2.75, 3.05) is 0 Å². The number of hydrogen-bond donors (Lipinski definition) is 1. The standard InChI is InChI=1S/C17H17N3O4S/c1-12-3-5-16(6-4-12)25(22,23)20-8-7-14(11-20)17(21)19-10-15-9-18-13(2)24-15/h3-9,11H,10H2,1-2H3,(H,19,21). The number of oxazole rings is 1. The van der Waals surface area contributed by atoms with E-state index >= 15 is 0 Å². The first-order chi connectivity index (χ1) is 11.9. The molecular weight excluding hydrogens is 342 g/mol. The minimum Gasteiger partial charge on any atom is -0.444 e. The molecule has 130 valence electrons. The van der Waals surface area contributed by atoms with Gasteiger partial charge in [-0.2, -0.15) is 0 Å². The molecule has 1 aromatic carbocycles. The minimum atomic E-state index is -3.72. The monoisotopic (exact) mass is 359 g/mol. The number of nitrogens with one attached hydrogen (secondary N) is 1. The van der Waals surface area contributed by atoms with Crippen LogP contribution in [0.2, 0.25) is 0 Å². The lowest BCUT2D eigenvalue weighted by atomic mass is 10.2. The minimum absolute atomic E-state index is 0.165. The molecule has 0 aliphatic heterocycles. The summed E-state index contributed by atoms with van der Waals surface area (Å²) in [4.78, 5) is 16.3. The van der Waals surface area contributed by atoms with Crippen molar-refractivity contribution < 1.29 is 17.6 Å². The third-order valence-electron chi connectivity index (χ3n) is 3.62. The fraction of sp³-hybridized carbons (Fsp3) is 0.176. The lowest BCUT2D eigenvalue weighted by Gasteiger charge is -2.06. The largest absolute Gasteiger partial charge is 0.444 e. The molecule has 0 aliphatic carbocycles. The van der Waals surface area contributed by atoms with Crippen molar-refractivity contribution in [3.63, 3.8) is 0 Å². The lowest BCUT2D eigenvalue weighted by molar-refractivity contribution is 0.0948. The summed E-state index contributed by atoms with van der Waals surface area (Å²) in [7, 11) is -3.72. The van der Waals surface area contributed by atoms with Crippen LogP contribution in [0, 0.1) is 13.8 Å². The molecule has 0 saturated heterocycles. The zero-order chi connectivity index (χ0) is 18.0. The highest BCUT2D eigenvalue weighted by Crippen LogP contribution is 2.16. The average molecular weight is 359 g/mol. The van der Waals surface area contributed by atoms with Gasteiger partial charge in [0.15, 0.2) is 5.89 Å². The van der Waals surface area contributed by atoms with Crippen molar-refractivity contribution in [3.8, 4) is 0 Å². The van der Waals surface area contributed by atoms with Crippen LogP contribution in [-0.4, -0.2) is 23.3 Å². The van der Waals surface area contributed by atoms with Gasteiger partial charge in [-0.3, -0.25) is 4.79 Å². The summed E-state index contributed by atoms with van der Waals surface area (Å²) >= 11 is 0. The summed E-state index contributed by atoms with van der Waals surface area (Å²) in [5.41, 5.74) is 1.21. The normalized spacial score (nSPS) is 11.4. The number of carbonyl (C=O) groups excluding carboxylic acids is 1. The number of carbonyl (C=O) groups is 1. The van der Waals surface area contributed by atoms with E-state index in [0.717, 1.165) is 9.54 Å². The van der Waals surface area contributed by atoms with E-state index in [2.05, 4.69) is 10.3 Å². The molecule has 0 bridgehead atoms. The molecule has 2 heterocycles. The molecule has 3 rings (SSSR count). The third-order valence-corrected chi connectivity index (χ3v) is 5.27. The Bertz CT molecular complexity index is 1000. The highest BCUT2D eigenvalue weighted by atomic mass is 32.2. The zero-order valence-electron chi connectivity index (χ0n) is 13.8. The van der Waals surface area contributed by atoms with Gasteiger partial charge in [0.1, 0.15) is 5.76 Å². The van der Waals surface area contributed by atoms with Gasteiger partial charge < -0.3 is 9.73 Å². The molecule has 0 saturated carbocycles. The molecule has 1 amide bonds. The fourth-order valence-corrected chi connectivity index (χ4v) is 3.45. The number of nitrogens with zero attached hydrogens (tertiary/aromatic N) is 2. The Morgan fingerprint density at radius 2 is 1.92 bits per heavy atom. The molecule has 3 aromatic rings. The van der Waals surface area contributed by atoms with Gasteiger partial charge in [-0.05, 0) is 25.1 Å². The SMILES string of the molecule is Cc1ccc(S(=O)(=O)n2ccc(C(=O)NCc3cnc(C)o3)c2)cc1. The molecule has 1 N–H and O–H groups in total. The Morgan fingerprint density at radius 1 is 1.20 bits per heavy atom. The summed E-state index contributed by atoms with van der Waals surface area (Å²) in [5.74, 6) is 0.643. The molecule has 2 aromatic heterocycles. The van der Waals surface area contributed by atoms with Gasteiger partial charge in [0, 0.05) is 19.3 Å². The summed E-state index contributed by atoms with van der Waals surface area (Å²) in [6.45, 7) is 3.77. The Morgan fingerprint density at radius 3 is 2.56 bits per heavy atom. The van der Waals surface area contributed by atoms with Crippen LogP contribution in [0.3, 0.4) is 0 Å². The van der Waals surface area contributed by atoms with Gasteiger partial charge in [0.05, 0.1) is 23.2 Å². The molecule has 0 unspecified atom stereocenters. The Balaban J connectivity index is 1.75. The quantitative estimate of drug-likeness (QED) is 0.754. The van der Waals surface area contributed by atoms with Gasteiger partial charge in [0.2, 0.25) is 0 Å². The molecule has 7 nitrogen and oxygen atoms in total. The van der Waals surface area contributed by atoms with Crippen LogP contribution in [0.15, 0.2) is 58.2 Å². The van der Waals surface area contributed by atoms with Crippen LogP contribution in [0.1, 0.15) is 27.6 Å². The molecule has 0 atom stereocenters. The Kier molecular flexibility index (Phi) is 4.45. The predicted molar refractivity (Wildman–Crippen MR) is 90.6 cm³/mol. The van der Waals surface area contributed by atoms with Crippen LogP contribution < -0.4 is 5.32 Å². The highest BCUT2D eigenvalue weighted by Gasteiger charge is 2.18. The van der Waals surface area contributed by atoms with Crippen molar-refractivity contribution in [2.45, 2.75) is 25.3 Å². The lowest BCUT2D eigenvalue weighted by Crippen LogP contribution is -2.22. The van der Waals surface area contributed by atoms with E-state index in [1.54, 1.807) is 19.1 Å².